The van der Waals surface area contributed by atoms with Crippen LogP contribution < -0.4 is 5.32 Å². The number of aromatic nitrogens is 4. The molecular weight excluding hydrogens is 523 g/mol. The summed E-state index contributed by atoms with van der Waals surface area (Å²) in [5, 5.41) is 15.0. The van der Waals surface area contributed by atoms with Crippen molar-refractivity contribution in [3.05, 3.63) is 48.5 Å². The maximum atomic E-state index is 12.5. The lowest BCUT2D eigenvalue weighted by atomic mass is 10.1. The molecule has 2 N–H and O–H groups in total. The van der Waals surface area contributed by atoms with E-state index in [1.807, 2.05) is 22.8 Å². The van der Waals surface area contributed by atoms with Crippen LogP contribution in [-0.2, 0) is 15.7 Å². The van der Waals surface area contributed by atoms with Gasteiger partial charge in [-0.2, -0.15) is 0 Å². The standard InChI is InChI=1S/C29H47N5O3Si2/c1-27(2,3)38(7,8)29(35)16-23(37-22(29)18-36-39(9,10)28(4,5)6)34-20-33-24-25(31-19-32-26(24)34)30-17-21-14-12-11-13-15-21/h11-15,19-20,22-23,35H,16-18H2,1-10H3,(H,30,31,32)/t22-,23-,29-/m1/s1. The topological polar surface area (TPSA) is 94.3 Å². The van der Waals surface area contributed by atoms with Gasteiger partial charge >= 0.3 is 0 Å². The smallest absolute Gasteiger partial charge is 0.192 e. The normalized spacial score (nSPS) is 22.9. The molecule has 0 aliphatic carbocycles. The molecule has 8 nitrogen and oxygen atoms in total. The Hall–Kier alpha value is -2.12. The zero-order chi connectivity index (χ0) is 28.9. The summed E-state index contributed by atoms with van der Waals surface area (Å²) in [5.41, 5.74) is 2.54. The molecule has 2 aromatic heterocycles. The van der Waals surface area contributed by atoms with Crippen LogP contribution in [0.25, 0.3) is 11.2 Å². The van der Waals surface area contributed by atoms with Gasteiger partial charge in [0.05, 0.1) is 26.2 Å². The number of hydrogen-bond donors (Lipinski definition) is 2. The third-order valence-corrected chi connectivity index (χ3v) is 20.6. The average Bonchev–Trinajstić information content (AvgIpc) is 3.43. The molecule has 0 unspecified atom stereocenters. The van der Waals surface area contributed by atoms with Crippen LogP contribution in [0.1, 0.15) is 59.8 Å². The Balaban J connectivity index is 1.65. The number of hydrogen-bond acceptors (Lipinski definition) is 7. The summed E-state index contributed by atoms with van der Waals surface area (Å²) in [5.74, 6) is 0.679. The zero-order valence-corrected chi connectivity index (χ0v) is 27.4. The minimum Gasteiger partial charge on any atom is -0.414 e. The monoisotopic (exact) mass is 569 g/mol. The van der Waals surface area contributed by atoms with Crippen LogP contribution in [-0.4, -0.2) is 59.0 Å². The van der Waals surface area contributed by atoms with Crippen LogP contribution in [0.15, 0.2) is 43.0 Å². The highest BCUT2D eigenvalue weighted by molar-refractivity contribution is 6.83. The SMILES string of the molecule is CC(C)(C)[Si](C)(C)OC[C@H]1O[C@@H](n2cnc3c(NCc4ccccc4)ncnc32)C[C@@]1(O)[Si](C)(C)C(C)(C)C. The van der Waals surface area contributed by atoms with Crippen molar-refractivity contribution in [3.63, 3.8) is 0 Å². The summed E-state index contributed by atoms with van der Waals surface area (Å²) in [7, 11) is -4.34. The quantitative estimate of drug-likeness (QED) is 0.298. The van der Waals surface area contributed by atoms with E-state index in [4.69, 9.17) is 9.16 Å². The highest BCUT2D eigenvalue weighted by atomic mass is 28.4. The maximum Gasteiger partial charge on any atom is 0.192 e. The molecule has 0 radical (unpaired) electrons. The number of anilines is 1. The summed E-state index contributed by atoms with van der Waals surface area (Å²) in [6.07, 6.45) is 2.95. The molecule has 3 aromatic rings. The van der Waals surface area contributed by atoms with Crippen LogP contribution >= 0.6 is 0 Å². The van der Waals surface area contributed by atoms with Gasteiger partial charge in [0.2, 0.25) is 0 Å². The Kier molecular flexibility index (Phi) is 7.94. The fourth-order valence-electron chi connectivity index (χ4n) is 4.87. The van der Waals surface area contributed by atoms with Gasteiger partial charge in [0.25, 0.3) is 0 Å². The average molecular weight is 570 g/mol. The minimum atomic E-state index is -2.30. The molecule has 3 atom stereocenters. The van der Waals surface area contributed by atoms with E-state index < -0.39 is 33.9 Å². The fourth-order valence-corrected chi connectivity index (χ4v) is 8.81. The van der Waals surface area contributed by atoms with Crippen LogP contribution in [0, 0.1) is 0 Å². The van der Waals surface area contributed by atoms with Gasteiger partial charge in [0, 0.05) is 13.0 Å². The molecule has 4 rings (SSSR count). The molecule has 0 amide bonds. The van der Waals surface area contributed by atoms with Crippen molar-refractivity contribution < 1.29 is 14.3 Å². The van der Waals surface area contributed by atoms with E-state index in [9.17, 15) is 5.11 Å². The Morgan fingerprint density at radius 1 is 1.03 bits per heavy atom. The largest absolute Gasteiger partial charge is 0.414 e. The van der Waals surface area contributed by atoms with Gasteiger partial charge < -0.3 is 19.6 Å². The lowest BCUT2D eigenvalue weighted by molar-refractivity contribution is -0.0549. The highest BCUT2D eigenvalue weighted by Gasteiger charge is 2.62. The fraction of sp³-hybridized carbons (Fsp3) is 0.621. The van der Waals surface area contributed by atoms with Crippen LogP contribution in [0.3, 0.4) is 0 Å². The molecule has 0 bridgehead atoms. The van der Waals surface area contributed by atoms with Crippen molar-refractivity contribution in [2.75, 3.05) is 11.9 Å². The second-order valence-corrected chi connectivity index (χ2v) is 24.5. The van der Waals surface area contributed by atoms with E-state index in [2.05, 4.69) is 100 Å². The first-order chi connectivity index (χ1) is 18.0. The Morgan fingerprint density at radius 2 is 1.69 bits per heavy atom. The van der Waals surface area contributed by atoms with Crippen molar-refractivity contribution in [3.8, 4) is 0 Å². The molecule has 10 heteroatoms. The Morgan fingerprint density at radius 3 is 2.31 bits per heavy atom. The first-order valence-electron chi connectivity index (χ1n) is 13.9. The number of ether oxygens (including phenoxy) is 1. The van der Waals surface area contributed by atoms with Gasteiger partial charge in [-0.3, -0.25) is 4.57 Å². The van der Waals surface area contributed by atoms with Gasteiger partial charge in [-0.25, -0.2) is 15.0 Å². The highest BCUT2D eigenvalue weighted by Crippen LogP contribution is 2.52. The van der Waals surface area contributed by atoms with E-state index in [0.29, 0.717) is 36.6 Å². The second-order valence-electron chi connectivity index (χ2n) is 14.0. The van der Waals surface area contributed by atoms with Gasteiger partial charge in [0.1, 0.15) is 18.7 Å². The summed E-state index contributed by atoms with van der Waals surface area (Å²) >= 11 is 0. The summed E-state index contributed by atoms with van der Waals surface area (Å²) in [6.45, 7) is 23.5. The Bertz CT molecular complexity index is 1280. The lowest BCUT2D eigenvalue weighted by Crippen LogP contribution is -2.65. The number of nitrogens with zero attached hydrogens (tertiary/aromatic N) is 4. The van der Waals surface area contributed by atoms with E-state index in [-0.39, 0.29) is 10.1 Å². The number of benzene rings is 1. The van der Waals surface area contributed by atoms with Gasteiger partial charge in [-0.15, -0.1) is 0 Å². The molecule has 39 heavy (non-hydrogen) atoms. The molecule has 3 heterocycles. The number of imidazole rings is 1. The van der Waals surface area contributed by atoms with Crippen molar-refractivity contribution in [2.24, 2.45) is 0 Å². The maximum absolute atomic E-state index is 12.5. The molecule has 1 aliphatic heterocycles. The van der Waals surface area contributed by atoms with E-state index in [1.54, 1.807) is 12.7 Å². The third kappa shape index (κ3) is 5.59. The van der Waals surface area contributed by atoms with Gasteiger partial charge in [-0.1, -0.05) is 85.0 Å². The molecule has 1 aliphatic rings. The van der Waals surface area contributed by atoms with Crippen molar-refractivity contribution in [1.29, 1.82) is 0 Å². The van der Waals surface area contributed by atoms with Crippen molar-refractivity contribution in [2.45, 2.75) is 108 Å². The van der Waals surface area contributed by atoms with E-state index in [0.717, 1.165) is 5.56 Å². The van der Waals surface area contributed by atoms with Gasteiger partial charge in [-0.05, 0) is 28.7 Å². The molecule has 214 valence electrons. The lowest BCUT2D eigenvalue weighted by Gasteiger charge is -2.49. The predicted octanol–water partition coefficient (Wildman–Crippen LogP) is 6.53. The number of nitrogens with one attached hydrogen (secondary N) is 1. The first-order valence-corrected chi connectivity index (χ1v) is 19.9. The Labute approximate surface area is 235 Å². The molecule has 1 fully saturated rings. The minimum absolute atomic E-state index is 0.0388. The molecule has 1 aromatic carbocycles. The molecule has 1 saturated heterocycles. The number of rotatable bonds is 8. The van der Waals surface area contributed by atoms with Crippen LogP contribution in [0.5, 0.6) is 0 Å². The summed E-state index contributed by atoms with van der Waals surface area (Å²) in [6, 6.07) is 10.2. The molecular formula is C29H47N5O3Si2. The van der Waals surface area contributed by atoms with Crippen LogP contribution in [0.4, 0.5) is 5.82 Å². The summed E-state index contributed by atoms with van der Waals surface area (Å²) < 4.78 is 15.3. The zero-order valence-electron chi connectivity index (χ0n) is 25.4. The van der Waals surface area contributed by atoms with Crippen molar-refractivity contribution in [1.82, 2.24) is 19.5 Å². The van der Waals surface area contributed by atoms with Gasteiger partial charge in [0.15, 0.2) is 25.3 Å². The van der Waals surface area contributed by atoms with E-state index >= 15 is 0 Å². The summed E-state index contributed by atoms with van der Waals surface area (Å²) in [4.78, 5) is 13.7. The second kappa shape index (κ2) is 10.4. The molecule has 0 spiro atoms. The van der Waals surface area contributed by atoms with Crippen molar-refractivity contribution >= 4 is 33.4 Å². The first kappa shape index (κ1) is 29.9. The molecule has 0 saturated carbocycles. The third-order valence-electron chi connectivity index (χ3n) is 9.67. The number of aliphatic hydroxyl groups is 1. The number of fused-ring (bicyclic) bond motifs is 1. The van der Waals surface area contributed by atoms with E-state index in [1.165, 1.54) is 0 Å². The predicted molar refractivity (Wildman–Crippen MR) is 163 cm³/mol. The van der Waals surface area contributed by atoms with Crippen LogP contribution in [0.2, 0.25) is 36.3 Å².